The van der Waals surface area contributed by atoms with Gasteiger partial charge in [-0.1, -0.05) is 42.5 Å². The first-order valence-corrected chi connectivity index (χ1v) is 10.3. The summed E-state index contributed by atoms with van der Waals surface area (Å²) in [5.41, 5.74) is 5.44. The molecule has 0 aromatic heterocycles. The Bertz CT molecular complexity index is 1060. The molecule has 1 aliphatic heterocycles. The van der Waals surface area contributed by atoms with Crippen molar-refractivity contribution < 1.29 is 14.2 Å². The minimum Gasteiger partial charge on any atom is -0.489 e. The molecule has 7 heteroatoms. The van der Waals surface area contributed by atoms with E-state index in [4.69, 9.17) is 19.9 Å². The second-order valence-electron chi connectivity index (χ2n) is 7.56. The average molecular weight is 416 g/mol. The Balaban J connectivity index is 1.64. The van der Waals surface area contributed by atoms with Crippen molar-refractivity contribution in [3.63, 3.8) is 0 Å². The third kappa shape index (κ3) is 2.75. The van der Waals surface area contributed by atoms with E-state index in [1.807, 2.05) is 54.6 Å². The Morgan fingerprint density at radius 1 is 0.968 bits per heavy atom. The van der Waals surface area contributed by atoms with E-state index < -0.39 is 22.7 Å². The molecule has 0 amide bonds. The number of aliphatic imine (C=N–C) groups is 1. The zero-order valence-electron chi connectivity index (χ0n) is 17.5. The van der Waals surface area contributed by atoms with Crippen LogP contribution in [0.25, 0.3) is 0 Å². The summed E-state index contributed by atoms with van der Waals surface area (Å²) in [6, 6.07) is 21.8. The van der Waals surface area contributed by atoms with Gasteiger partial charge >= 0.3 is 0 Å². The molecular formula is C24H24N4O3. The molecule has 1 saturated carbocycles. The van der Waals surface area contributed by atoms with Gasteiger partial charge in [0.1, 0.15) is 23.6 Å². The molecule has 2 aromatic carbocycles. The smallest absolute Gasteiger partial charge is 0.293 e. The SMILES string of the molecule is CCOC1(OCC)N=C(N)C2(C#N)C(c3ccc(OCc4ccccc4)cc3)C12C#N. The average Bonchev–Trinajstić information content (AvgIpc) is 3.38. The van der Waals surface area contributed by atoms with E-state index >= 15 is 0 Å². The highest BCUT2D eigenvalue weighted by atomic mass is 16.7. The van der Waals surface area contributed by atoms with Crippen molar-refractivity contribution in [3.8, 4) is 17.9 Å². The molecular weight excluding hydrogens is 392 g/mol. The van der Waals surface area contributed by atoms with Crippen LogP contribution in [-0.2, 0) is 16.1 Å². The summed E-state index contributed by atoms with van der Waals surface area (Å²) in [7, 11) is 0. The minimum atomic E-state index is -1.60. The van der Waals surface area contributed by atoms with Crippen LogP contribution in [-0.4, -0.2) is 25.0 Å². The largest absolute Gasteiger partial charge is 0.489 e. The van der Waals surface area contributed by atoms with Crippen molar-refractivity contribution in [1.29, 1.82) is 10.5 Å². The number of benzene rings is 2. The normalized spacial score (nSPS) is 27.5. The number of amidine groups is 1. The van der Waals surface area contributed by atoms with E-state index in [0.717, 1.165) is 11.1 Å². The van der Waals surface area contributed by atoms with Gasteiger partial charge in [0.25, 0.3) is 5.91 Å². The molecule has 31 heavy (non-hydrogen) atoms. The molecule has 1 fully saturated rings. The van der Waals surface area contributed by atoms with E-state index in [0.29, 0.717) is 12.4 Å². The fourth-order valence-corrected chi connectivity index (χ4v) is 4.75. The van der Waals surface area contributed by atoms with Gasteiger partial charge < -0.3 is 19.9 Å². The van der Waals surface area contributed by atoms with E-state index in [9.17, 15) is 10.5 Å². The molecule has 2 aliphatic rings. The second kappa shape index (κ2) is 7.70. The second-order valence-corrected chi connectivity index (χ2v) is 7.56. The molecule has 1 aliphatic carbocycles. The molecule has 3 unspecified atom stereocenters. The number of fused-ring (bicyclic) bond motifs is 1. The summed E-state index contributed by atoms with van der Waals surface area (Å²) in [4.78, 5) is 4.35. The molecule has 1 heterocycles. The molecule has 7 nitrogen and oxygen atoms in total. The molecule has 2 N–H and O–H groups in total. The van der Waals surface area contributed by atoms with Crippen molar-refractivity contribution in [2.24, 2.45) is 21.6 Å². The van der Waals surface area contributed by atoms with Crippen molar-refractivity contribution in [3.05, 3.63) is 65.7 Å². The predicted molar refractivity (Wildman–Crippen MR) is 114 cm³/mol. The Morgan fingerprint density at radius 3 is 2.16 bits per heavy atom. The summed E-state index contributed by atoms with van der Waals surface area (Å²) in [6.07, 6.45) is 0. The lowest BCUT2D eigenvalue weighted by Gasteiger charge is -2.31. The molecule has 4 rings (SSSR count). The molecule has 0 saturated heterocycles. The monoisotopic (exact) mass is 416 g/mol. The Kier molecular flexibility index (Phi) is 5.18. The molecule has 158 valence electrons. The third-order valence-corrected chi connectivity index (χ3v) is 6.07. The topological polar surface area (TPSA) is 114 Å². The predicted octanol–water partition coefficient (Wildman–Crippen LogP) is 3.48. The van der Waals surface area contributed by atoms with Crippen molar-refractivity contribution in [2.45, 2.75) is 32.3 Å². The van der Waals surface area contributed by atoms with Crippen molar-refractivity contribution >= 4 is 5.84 Å². The maximum Gasteiger partial charge on any atom is 0.293 e. The van der Waals surface area contributed by atoms with E-state index in [2.05, 4.69) is 17.1 Å². The first-order chi connectivity index (χ1) is 15.0. The molecule has 3 atom stereocenters. The molecule has 0 radical (unpaired) electrons. The molecule has 0 spiro atoms. The van der Waals surface area contributed by atoms with Crippen LogP contribution in [0, 0.1) is 33.5 Å². The van der Waals surface area contributed by atoms with Crippen LogP contribution < -0.4 is 10.5 Å². The first kappa shape index (κ1) is 20.9. The standard InChI is InChI=1S/C24H24N4O3/c1-3-30-24(31-4-2)23(16-26)20(22(23,15-25)21(27)28-24)18-10-12-19(13-11-18)29-14-17-8-6-5-7-9-17/h5-13,20H,3-4,14H2,1-2H3,(H2,27,28). The summed E-state index contributed by atoms with van der Waals surface area (Å²) in [5, 5.41) is 20.4. The highest BCUT2D eigenvalue weighted by Gasteiger charge is 2.93. The lowest BCUT2D eigenvalue weighted by Crippen LogP contribution is -2.43. The third-order valence-electron chi connectivity index (χ3n) is 6.07. The summed E-state index contributed by atoms with van der Waals surface area (Å²) < 4.78 is 17.6. The maximum absolute atomic E-state index is 10.3. The van der Waals surface area contributed by atoms with E-state index in [-0.39, 0.29) is 19.0 Å². The number of nitrogens with zero attached hydrogens (tertiary/aromatic N) is 3. The zero-order valence-corrected chi connectivity index (χ0v) is 17.5. The van der Waals surface area contributed by atoms with Crippen LogP contribution in [0.15, 0.2) is 59.6 Å². The van der Waals surface area contributed by atoms with Crippen LogP contribution >= 0.6 is 0 Å². The lowest BCUT2D eigenvalue weighted by atomic mass is 9.93. The van der Waals surface area contributed by atoms with Crippen LogP contribution in [0.3, 0.4) is 0 Å². The Labute approximate surface area is 181 Å². The van der Waals surface area contributed by atoms with Gasteiger partial charge in [-0.25, -0.2) is 4.99 Å². The summed E-state index contributed by atoms with van der Waals surface area (Å²) >= 11 is 0. The summed E-state index contributed by atoms with van der Waals surface area (Å²) in [5.74, 6) is -1.35. The fraction of sp³-hybridized carbons (Fsp3) is 0.375. The number of ether oxygens (including phenoxy) is 3. The van der Waals surface area contributed by atoms with Crippen LogP contribution in [0.4, 0.5) is 0 Å². The van der Waals surface area contributed by atoms with Gasteiger partial charge in [-0.2, -0.15) is 10.5 Å². The fourth-order valence-electron chi connectivity index (χ4n) is 4.75. The highest BCUT2D eigenvalue weighted by Crippen LogP contribution is 2.82. The maximum atomic E-state index is 10.3. The molecule has 2 aromatic rings. The van der Waals surface area contributed by atoms with Gasteiger partial charge in [0.2, 0.25) is 0 Å². The quantitative estimate of drug-likeness (QED) is 0.659. The van der Waals surface area contributed by atoms with Gasteiger partial charge in [-0.3, -0.25) is 0 Å². The van der Waals surface area contributed by atoms with Crippen molar-refractivity contribution in [1.82, 2.24) is 0 Å². The van der Waals surface area contributed by atoms with Gasteiger partial charge in [-0.15, -0.1) is 0 Å². The van der Waals surface area contributed by atoms with Gasteiger partial charge in [0.05, 0.1) is 12.1 Å². The number of hydrogen-bond donors (Lipinski definition) is 1. The Hall–Kier alpha value is -3.39. The van der Waals surface area contributed by atoms with Gasteiger partial charge in [-0.05, 0) is 37.1 Å². The molecule has 0 bridgehead atoms. The number of nitriles is 2. The van der Waals surface area contributed by atoms with E-state index in [1.54, 1.807) is 13.8 Å². The number of hydrogen-bond acceptors (Lipinski definition) is 7. The Morgan fingerprint density at radius 2 is 1.61 bits per heavy atom. The number of rotatable bonds is 8. The van der Waals surface area contributed by atoms with E-state index in [1.165, 1.54) is 0 Å². The summed E-state index contributed by atoms with van der Waals surface area (Å²) in [6.45, 7) is 4.56. The van der Waals surface area contributed by atoms with Crippen LogP contribution in [0.1, 0.15) is 30.9 Å². The zero-order chi connectivity index (χ0) is 22.1. The van der Waals surface area contributed by atoms with Gasteiger partial charge in [0.15, 0.2) is 5.41 Å². The number of nitrogens with two attached hydrogens (primary N) is 1. The highest BCUT2D eigenvalue weighted by molar-refractivity contribution is 6.00. The van der Waals surface area contributed by atoms with Gasteiger partial charge in [0, 0.05) is 19.1 Å². The minimum absolute atomic E-state index is 0.0767. The van der Waals surface area contributed by atoms with Crippen LogP contribution in [0.5, 0.6) is 5.75 Å². The van der Waals surface area contributed by atoms with Crippen molar-refractivity contribution in [2.75, 3.05) is 13.2 Å². The van der Waals surface area contributed by atoms with Crippen LogP contribution in [0.2, 0.25) is 0 Å². The lowest BCUT2D eigenvalue weighted by molar-refractivity contribution is -0.255. The first-order valence-electron chi connectivity index (χ1n) is 10.3.